The molecule has 0 amide bonds. The lowest BCUT2D eigenvalue weighted by atomic mass is 10.1. The van der Waals surface area contributed by atoms with Crippen LogP contribution in [0.1, 0.15) is 17.7 Å². The summed E-state index contributed by atoms with van der Waals surface area (Å²) < 4.78 is 5.52. The van der Waals surface area contributed by atoms with Crippen LogP contribution in [0.4, 0.5) is 0 Å². The number of aromatic nitrogens is 3. The third-order valence-corrected chi connectivity index (χ3v) is 2.64. The zero-order valence-electron chi connectivity index (χ0n) is 9.92. The predicted octanol–water partition coefficient (Wildman–Crippen LogP) is 2.67. The molecule has 2 rings (SSSR count). The van der Waals surface area contributed by atoms with E-state index in [0.29, 0.717) is 18.4 Å². The Hall–Kier alpha value is -1.52. The van der Waals surface area contributed by atoms with Crippen molar-refractivity contribution in [2.75, 3.05) is 6.61 Å². The van der Waals surface area contributed by atoms with Crippen molar-refractivity contribution in [2.45, 2.75) is 19.4 Å². The van der Waals surface area contributed by atoms with Crippen LogP contribution < -0.4 is 0 Å². The van der Waals surface area contributed by atoms with Gasteiger partial charge in [0.15, 0.2) is 5.15 Å². The second kappa shape index (κ2) is 7.03. The number of aryl methyl sites for hydroxylation is 1. The van der Waals surface area contributed by atoms with E-state index < -0.39 is 0 Å². The van der Waals surface area contributed by atoms with E-state index >= 15 is 0 Å². The monoisotopic (exact) mass is 263 g/mol. The van der Waals surface area contributed by atoms with Crippen molar-refractivity contribution in [2.24, 2.45) is 0 Å². The van der Waals surface area contributed by atoms with Crippen LogP contribution in [0.3, 0.4) is 0 Å². The SMILES string of the molecule is Clc1ccc(COCCCc2ccncc2)nn1. The molecule has 4 nitrogen and oxygen atoms in total. The molecule has 0 bridgehead atoms. The van der Waals surface area contributed by atoms with E-state index in [4.69, 9.17) is 16.3 Å². The topological polar surface area (TPSA) is 47.9 Å². The Morgan fingerprint density at radius 3 is 2.61 bits per heavy atom. The first-order valence-electron chi connectivity index (χ1n) is 5.79. The lowest BCUT2D eigenvalue weighted by molar-refractivity contribution is 0.115. The molecule has 0 aliphatic heterocycles. The Morgan fingerprint density at radius 1 is 1.06 bits per heavy atom. The zero-order chi connectivity index (χ0) is 12.6. The lowest BCUT2D eigenvalue weighted by Crippen LogP contribution is -2.00. The van der Waals surface area contributed by atoms with E-state index in [1.165, 1.54) is 5.56 Å². The zero-order valence-corrected chi connectivity index (χ0v) is 10.7. The minimum Gasteiger partial charge on any atom is -0.375 e. The summed E-state index contributed by atoms with van der Waals surface area (Å²) in [6, 6.07) is 7.57. The van der Waals surface area contributed by atoms with Crippen LogP contribution in [0, 0.1) is 0 Å². The highest BCUT2D eigenvalue weighted by Crippen LogP contribution is 2.04. The van der Waals surface area contributed by atoms with Crippen LogP contribution in [0.25, 0.3) is 0 Å². The Labute approximate surface area is 111 Å². The number of ether oxygens (including phenoxy) is 1. The summed E-state index contributed by atoms with van der Waals surface area (Å²) in [6.45, 7) is 1.17. The molecule has 0 radical (unpaired) electrons. The van der Waals surface area contributed by atoms with Gasteiger partial charge < -0.3 is 4.74 Å². The molecular weight excluding hydrogens is 250 g/mol. The summed E-state index contributed by atoms with van der Waals surface area (Å²) in [4.78, 5) is 3.98. The Balaban J connectivity index is 1.63. The van der Waals surface area contributed by atoms with Crippen LogP contribution >= 0.6 is 11.6 Å². The second-order valence-electron chi connectivity index (χ2n) is 3.86. The maximum absolute atomic E-state index is 5.64. The summed E-state index contributed by atoms with van der Waals surface area (Å²) >= 11 is 5.64. The molecule has 5 heteroatoms. The number of rotatable bonds is 6. The van der Waals surface area contributed by atoms with Gasteiger partial charge in [-0.05, 0) is 42.7 Å². The molecule has 0 saturated carbocycles. The molecule has 0 fully saturated rings. The van der Waals surface area contributed by atoms with Crippen molar-refractivity contribution in [3.8, 4) is 0 Å². The molecule has 0 aliphatic rings. The maximum Gasteiger partial charge on any atom is 0.151 e. The predicted molar refractivity (Wildman–Crippen MR) is 69.3 cm³/mol. The van der Waals surface area contributed by atoms with Gasteiger partial charge in [-0.3, -0.25) is 4.98 Å². The molecule has 2 aromatic rings. The van der Waals surface area contributed by atoms with Crippen LogP contribution in [0.5, 0.6) is 0 Å². The summed E-state index contributed by atoms with van der Waals surface area (Å²) in [5.41, 5.74) is 2.07. The third-order valence-electron chi connectivity index (χ3n) is 2.44. The first kappa shape index (κ1) is 12.9. The van der Waals surface area contributed by atoms with Crippen molar-refractivity contribution in [1.82, 2.24) is 15.2 Å². The Bertz CT molecular complexity index is 461. The van der Waals surface area contributed by atoms with Crippen molar-refractivity contribution in [3.63, 3.8) is 0 Å². The van der Waals surface area contributed by atoms with Gasteiger partial charge in [0.2, 0.25) is 0 Å². The van der Waals surface area contributed by atoms with E-state index in [2.05, 4.69) is 15.2 Å². The van der Waals surface area contributed by atoms with E-state index in [0.717, 1.165) is 18.5 Å². The Morgan fingerprint density at radius 2 is 1.89 bits per heavy atom. The van der Waals surface area contributed by atoms with Gasteiger partial charge in [0.05, 0.1) is 12.3 Å². The second-order valence-corrected chi connectivity index (χ2v) is 4.25. The van der Waals surface area contributed by atoms with Gasteiger partial charge in [-0.15, -0.1) is 5.10 Å². The summed E-state index contributed by atoms with van der Waals surface area (Å²) in [6.07, 6.45) is 5.58. The van der Waals surface area contributed by atoms with E-state index in [1.54, 1.807) is 18.5 Å². The maximum atomic E-state index is 5.64. The molecule has 94 valence electrons. The standard InChI is InChI=1S/C13H14ClN3O/c14-13-4-3-12(16-17-13)10-18-9-1-2-11-5-7-15-8-6-11/h3-8H,1-2,9-10H2. The lowest BCUT2D eigenvalue weighted by Gasteiger charge is -2.03. The quantitative estimate of drug-likeness (QED) is 0.752. The smallest absolute Gasteiger partial charge is 0.151 e. The van der Waals surface area contributed by atoms with Crippen LogP contribution in [-0.2, 0) is 17.8 Å². The number of pyridine rings is 1. The average Bonchev–Trinajstić information content (AvgIpc) is 2.42. The summed E-state index contributed by atoms with van der Waals surface area (Å²) in [7, 11) is 0. The molecule has 0 aliphatic carbocycles. The molecule has 0 spiro atoms. The van der Waals surface area contributed by atoms with Gasteiger partial charge in [0.1, 0.15) is 0 Å². The summed E-state index contributed by atoms with van der Waals surface area (Å²) in [5.74, 6) is 0. The number of hydrogen-bond acceptors (Lipinski definition) is 4. The highest BCUT2D eigenvalue weighted by molar-refractivity contribution is 6.29. The van der Waals surface area contributed by atoms with E-state index in [-0.39, 0.29) is 0 Å². The van der Waals surface area contributed by atoms with Crippen molar-refractivity contribution in [3.05, 3.63) is 53.1 Å². The van der Waals surface area contributed by atoms with E-state index in [9.17, 15) is 0 Å². The van der Waals surface area contributed by atoms with Crippen LogP contribution in [-0.4, -0.2) is 21.8 Å². The molecule has 0 aromatic carbocycles. The fraction of sp³-hybridized carbons (Fsp3) is 0.308. The third kappa shape index (κ3) is 4.39. The van der Waals surface area contributed by atoms with Gasteiger partial charge in [-0.25, -0.2) is 0 Å². The van der Waals surface area contributed by atoms with Gasteiger partial charge >= 0.3 is 0 Å². The molecule has 0 N–H and O–H groups in total. The van der Waals surface area contributed by atoms with Crippen LogP contribution in [0.2, 0.25) is 5.15 Å². The molecule has 0 saturated heterocycles. The molecular formula is C13H14ClN3O. The van der Waals surface area contributed by atoms with Crippen LogP contribution in [0.15, 0.2) is 36.7 Å². The average molecular weight is 264 g/mol. The minimum absolute atomic E-state index is 0.399. The Kier molecular flexibility index (Phi) is 5.05. The van der Waals surface area contributed by atoms with Crippen molar-refractivity contribution < 1.29 is 4.74 Å². The first-order chi connectivity index (χ1) is 8.84. The number of halogens is 1. The first-order valence-corrected chi connectivity index (χ1v) is 6.17. The molecule has 2 heterocycles. The van der Waals surface area contributed by atoms with E-state index in [1.807, 2.05) is 18.2 Å². The molecule has 0 atom stereocenters. The fourth-order valence-electron chi connectivity index (χ4n) is 1.53. The number of hydrogen-bond donors (Lipinski definition) is 0. The summed E-state index contributed by atoms with van der Waals surface area (Å²) in [5, 5.41) is 8.07. The highest BCUT2D eigenvalue weighted by Gasteiger charge is 1.97. The van der Waals surface area contributed by atoms with Crippen molar-refractivity contribution in [1.29, 1.82) is 0 Å². The molecule has 18 heavy (non-hydrogen) atoms. The van der Waals surface area contributed by atoms with Gasteiger partial charge in [0, 0.05) is 19.0 Å². The van der Waals surface area contributed by atoms with Gasteiger partial charge in [-0.1, -0.05) is 11.6 Å². The fourth-order valence-corrected chi connectivity index (χ4v) is 1.63. The normalized spacial score (nSPS) is 10.5. The number of nitrogens with zero attached hydrogens (tertiary/aromatic N) is 3. The highest BCUT2D eigenvalue weighted by atomic mass is 35.5. The largest absolute Gasteiger partial charge is 0.375 e. The van der Waals surface area contributed by atoms with Crippen molar-refractivity contribution >= 4 is 11.6 Å². The van der Waals surface area contributed by atoms with Gasteiger partial charge in [-0.2, -0.15) is 5.10 Å². The molecule has 2 aromatic heterocycles. The van der Waals surface area contributed by atoms with Gasteiger partial charge in [0.25, 0.3) is 0 Å². The minimum atomic E-state index is 0.399. The molecule has 0 unspecified atom stereocenters.